The number of thiazole rings is 1. The summed E-state index contributed by atoms with van der Waals surface area (Å²) in [5.74, 6) is 0.848. The molecule has 4 heteroatoms. The van der Waals surface area contributed by atoms with E-state index in [1.165, 1.54) is 11.3 Å². The molecule has 0 saturated heterocycles. The summed E-state index contributed by atoms with van der Waals surface area (Å²) >= 11 is 1.45. The fourth-order valence-corrected chi connectivity index (χ4v) is 2.46. The van der Waals surface area contributed by atoms with Crippen LogP contribution in [0, 0.1) is 0 Å². The summed E-state index contributed by atoms with van der Waals surface area (Å²) in [6, 6.07) is 18.0. The summed E-state index contributed by atoms with van der Waals surface area (Å²) in [4.78, 5) is 4.26. The Kier molecular flexibility index (Phi) is 3.65. The maximum absolute atomic E-state index is 5.75. The summed E-state index contributed by atoms with van der Waals surface area (Å²) < 4.78 is 5.75. The van der Waals surface area contributed by atoms with Crippen LogP contribution in [0.1, 0.15) is 5.56 Å². The molecule has 0 aliphatic carbocycles. The van der Waals surface area contributed by atoms with Crippen LogP contribution in [0.3, 0.4) is 0 Å². The van der Waals surface area contributed by atoms with Crippen LogP contribution in [0.25, 0.3) is 11.3 Å². The van der Waals surface area contributed by atoms with Gasteiger partial charge in [-0.25, -0.2) is 4.98 Å². The van der Waals surface area contributed by atoms with E-state index in [0.717, 1.165) is 22.6 Å². The van der Waals surface area contributed by atoms with Gasteiger partial charge in [0, 0.05) is 10.9 Å². The van der Waals surface area contributed by atoms with Crippen molar-refractivity contribution in [3.05, 3.63) is 65.5 Å². The average molecular weight is 282 g/mol. The number of aromatic nitrogens is 1. The van der Waals surface area contributed by atoms with Gasteiger partial charge in [0.05, 0.1) is 5.69 Å². The molecule has 2 aromatic carbocycles. The molecule has 0 aliphatic heterocycles. The number of anilines is 1. The van der Waals surface area contributed by atoms with Gasteiger partial charge in [-0.1, -0.05) is 30.3 Å². The van der Waals surface area contributed by atoms with Crippen LogP contribution in [-0.4, -0.2) is 4.98 Å². The Morgan fingerprint density at radius 3 is 2.40 bits per heavy atom. The van der Waals surface area contributed by atoms with Gasteiger partial charge >= 0.3 is 0 Å². The van der Waals surface area contributed by atoms with E-state index in [1.807, 2.05) is 60.0 Å². The van der Waals surface area contributed by atoms with Gasteiger partial charge in [-0.05, 0) is 29.8 Å². The van der Waals surface area contributed by atoms with Crippen molar-refractivity contribution < 1.29 is 4.74 Å². The Labute approximate surface area is 121 Å². The van der Waals surface area contributed by atoms with Gasteiger partial charge < -0.3 is 10.5 Å². The number of nitrogens with zero attached hydrogens (tertiary/aromatic N) is 1. The van der Waals surface area contributed by atoms with E-state index in [9.17, 15) is 0 Å². The van der Waals surface area contributed by atoms with Gasteiger partial charge in [0.25, 0.3) is 0 Å². The second-order valence-electron chi connectivity index (χ2n) is 4.37. The normalized spacial score (nSPS) is 10.4. The lowest BCUT2D eigenvalue weighted by molar-refractivity contribution is 0.306. The number of hydrogen-bond acceptors (Lipinski definition) is 4. The Morgan fingerprint density at radius 1 is 1.00 bits per heavy atom. The molecule has 0 radical (unpaired) electrons. The van der Waals surface area contributed by atoms with Crippen molar-refractivity contribution in [2.75, 3.05) is 5.73 Å². The van der Waals surface area contributed by atoms with E-state index >= 15 is 0 Å². The molecule has 2 N–H and O–H groups in total. The highest BCUT2D eigenvalue weighted by atomic mass is 32.1. The van der Waals surface area contributed by atoms with Crippen molar-refractivity contribution in [2.45, 2.75) is 6.61 Å². The van der Waals surface area contributed by atoms with Crippen LogP contribution < -0.4 is 10.5 Å². The zero-order valence-electron chi connectivity index (χ0n) is 10.8. The molecular weight excluding hydrogens is 268 g/mol. The van der Waals surface area contributed by atoms with Crippen molar-refractivity contribution in [3.8, 4) is 17.0 Å². The molecule has 0 saturated carbocycles. The van der Waals surface area contributed by atoms with Crippen LogP contribution >= 0.6 is 11.3 Å². The van der Waals surface area contributed by atoms with Crippen molar-refractivity contribution in [1.29, 1.82) is 0 Å². The standard InChI is InChI=1S/C16H14N2OS/c17-16-18-15(11-20-16)13-6-8-14(9-7-13)19-10-12-4-2-1-3-5-12/h1-9,11H,10H2,(H2,17,18). The molecule has 1 aromatic heterocycles. The van der Waals surface area contributed by atoms with Gasteiger partial charge in [0.2, 0.25) is 0 Å². The highest BCUT2D eigenvalue weighted by Crippen LogP contribution is 2.25. The quantitative estimate of drug-likeness (QED) is 0.787. The summed E-state index contributed by atoms with van der Waals surface area (Å²) in [6.07, 6.45) is 0. The molecule has 0 aliphatic rings. The van der Waals surface area contributed by atoms with E-state index < -0.39 is 0 Å². The third-order valence-electron chi connectivity index (χ3n) is 2.92. The lowest BCUT2D eigenvalue weighted by atomic mass is 10.2. The van der Waals surface area contributed by atoms with Crippen molar-refractivity contribution in [2.24, 2.45) is 0 Å². The zero-order valence-corrected chi connectivity index (χ0v) is 11.6. The molecule has 0 unspecified atom stereocenters. The predicted octanol–water partition coefficient (Wildman–Crippen LogP) is 3.97. The van der Waals surface area contributed by atoms with Crippen molar-refractivity contribution >= 4 is 16.5 Å². The molecule has 0 spiro atoms. The molecule has 3 rings (SSSR count). The molecule has 0 atom stereocenters. The van der Waals surface area contributed by atoms with E-state index in [4.69, 9.17) is 10.5 Å². The summed E-state index contributed by atoms with van der Waals surface area (Å²) in [6.45, 7) is 0.573. The molecule has 1 heterocycles. The molecule has 20 heavy (non-hydrogen) atoms. The summed E-state index contributed by atoms with van der Waals surface area (Å²) in [5.41, 5.74) is 8.75. The first-order valence-corrected chi connectivity index (χ1v) is 7.17. The molecule has 0 bridgehead atoms. The third-order valence-corrected chi connectivity index (χ3v) is 3.59. The Morgan fingerprint density at radius 2 is 1.75 bits per heavy atom. The maximum atomic E-state index is 5.75. The predicted molar refractivity (Wildman–Crippen MR) is 82.7 cm³/mol. The smallest absolute Gasteiger partial charge is 0.180 e. The molecule has 3 aromatic rings. The second kappa shape index (κ2) is 5.75. The van der Waals surface area contributed by atoms with Crippen LogP contribution in [0.4, 0.5) is 5.13 Å². The van der Waals surface area contributed by atoms with Crippen LogP contribution in [0.2, 0.25) is 0 Å². The lowest BCUT2D eigenvalue weighted by Crippen LogP contribution is -1.94. The Balaban J connectivity index is 1.67. The van der Waals surface area contributed by atoms with E-state index in [-0.39, 0.29) is 0 Å². The second-order valence-corrected chi connectivity index (χ2v) is 5.26. The maximum Gasteiger partial charge on any atom is 0.180 e. The highest BCUT2D eigenvalue weighted by molar-refractivity contribution is 7.13. The molecule has 0 fully saturated rings. The van der Waals surface area contributed by atoms with Crippen molar-refractivity contribution in [3.63, 3.8) is 0 Å². The number of ether oxygens (including phenoxy) is 1. The average Bonchev–Trinajstić information content (AvgIpc) is 2.93. The SMILES string of the molecule is Nc1nc(-c2ccc(OCc3ccccc3)cc2)cs1. The minimum Gasteiger partial charge on any atom is -0.489 e. The largest absolute Gasteiger partial charge is 0.489 e. The Hall–Kier alpha value is -2.33. The number of benzene rings is 2. The van der Waals surface area contributed by atoms with Gasteiger partial charge in [-0.15, -0.1) is 11.3 Å². The fourth-order valence-electron chi connectivity index (χ4n) is 1.88. The van der Waals surface area contributed by atoms with Gasteiger partial charge in [0.15, 0.2) is 5.13 Å². The summed E-state index contributed by atoms with van der Waals surface area (Å²) in [5, 5.41) is 2.54. The monoisotopic (exact) mass is 282 g/mol. The topological polar surface area (TPSA) is 48.1 Å². The highest BCUT2D eigenvalue weighted by Gasteiger charge is 2.03. The zero-order chi connectivity index (χ0) is 13.8. The first-order valence-electron chi connectivity index (χ1n) is 6.29. The minimum absolute atomic E-state index is 0.573. The van der Waals surface area contributed by atoms with Gasteiger partial charge in [0.1, 0.15) is 12.4 Å². The minimum atomic E-state index is 0.573. The van der Waals surface area contributed by atoms with Crippen LogP contribution in [-0.2, 0) is 6.61 Å². The number of rotatable bonds is 4. The molecule has 100 valence electrons. The molecular formula is C16H14N2OS. The Bertz CT molecular complexity index is 677. The van der Waals surface area contributed by atoms with E-state index in [2.05, 4.69) is 4.98 Å². The third kappa shape index (κ3) is 2.97. The molecule has 3 nitrogen and oxygen atoms in total. The van der Waals surface area contributed by atoms with Gasteiger partial charge in [-0.2, -0.15) is 0 Å². The summed E-state index contributed by atoms with van der Waals surface area (Å²) in [7, 11) is 0. The van der Waals surface area contributed by atoms with Crippen molar-refractivity contribution in [1.82, 2.24) is 4.98 Å². The number of nitrogen functional groups attached to an aromatic ring is 1. The lowest BCUT2D eigenvalue weighted by Gasteiger charge is -2.06. The number of hydrogen-bond donors (Lipinski definition) is 1. The number of nitrogens with two attached hydrogens (primary N) is 1. The van der Waals surface area contributed by atoms with E-state index in [0.29, 0.717) is 11.7 Å². The fraction of sp³-hybridized carbons (Fsp3) is 0.0625. The van der Waals surface area contributed by atoms with Gasteiger partial charge in [-0.3, -0.25) is 0 Å². The van der Waals surface area contributed by atoms with Crippen LogP contribution in [0.5, 0.6) is 5.75 Å². The van der Waals surface area contributed by atoms with E-state index in [1.54, 1.807) is 0 Å². The van der Waals surface area contributed by atoms with Crippen LogP contribution in [0.15, 0.2) is 60.0 Å². The molecule has 0 amide bonds. The first kappa shape index (κ1) is 12.7. The first-order chi connectivity index (χ1) is 9.81.